The van der Waals surface area contributed by atoms with Crippen LogP contribution in [0.2, 0.25) is 0 Å². The van der Waals surface area contributed by atoms with Gasteiger partial charge in [0.1, 0.15) is 5.82 Å². The van der Waals surface area contributed by atoms with Crippen LogP contribution in [0.4, 0.5) is 4.39 Å². The molecule has 2 N–H and O–H groups in total. The Morgan fingerprint density at radius 3 is 2.82 bits per heavy atom. The van der Waals surface area contributed by atoms with Crippen molar-refractivity contribution in [2.45, 2.75) is 26.2 Å². The van der Waals surface area contributed by atoms with E-state index in [9.17, 15) is 9.18 Å². The molecule has 0 radical (unpaired) electrons. The van der Waals surface area contributed by atoms with E-state index in [0.717, 1.165) is 24.8 Å². The Kier molecular flexibility index (Phi) is 5.63. The van der Waals surface area contributed by atoms with Crippen molar-refractivity contribution in [3.63, 3.8) is 0 Å². The molecule has 94 valence electrons. The maximum Gasteiger partial charge on any atom is 0.251 e. The molecule has 4 heteroatoms. The van der Waals surface area contributed by atoms with Crippen molar-refractivity contribution >= 4 is 5.91 Å². The van der Waals surface area contributed by atoms with Crippen molar-refractivity contribution < 1.29 is 14.3 Å². The number of amides is 1. The smallest absolute Gasteiger partial charge is 0.251 e. The van der Waals surface area contributed by atoms with E-state index in [1.807, 2.05) is 0 Å². The van der Waals surface area contributed by atoms with Crippen LogP contribution in [-0.2, 0) is 0 Å². The number of aryl methyl sites for hydroxylation is 1. The van der Waals surface area contributed by atoms with E-state index in [0.29, 0.717) is 12.1 Å². The van der Waals surface area contributed by atoms with E-state index >= 15 is 0 Å². The maximum atomic E-state index is 13.0. The van der Waals surface area contributed by atoms with Gasteiger partial charge in [-0.25, -0.2) is 4.39 Å². The molecule has 0 saturated carbocycles. The van der Waals surface area contributed by atoms with Crippen molar-refractivity contribution in [2.75, 3.05) is 13.2 Å². The minimum absolute atomic E-state index is 0.178. The second-order valence-electron chi connectivity index (χ2n) is 4.00. The molecule has 0 atom stereocenters. The highest BCUT2D eigenvalue weighted by molar-refractivity contribution is 5.95. The molecule has 1 rings (SSSR count). The number of nitrogens with one attached hydrogen (secondary N) is 1. The zero-order chi connectivity index (χ0) is 12.7. The van der Waals surface area contributed by atoms with E-state index in [4.69, 9.17) is 5.11 Å². The lowest BCUT2D eigenvalue weighted by molar-refractivity contribution is 0.0952. The molecule has 0 aliphatic rings. The highest BCUT2D eigenvalue weighted by Gasteiger charge is 2.08. The summed E-state index contributed by atoms with van der Waals surface area (Å²) in [5.41, 5.74) is 1.14. The number of benzene rings is 1. The summed E-state index contributed by atoms with van der Waals surface area (Å²) in [6, 6.07) is 4.18. The summed E-state index contributed by atoms with van der Waals surface area (Å²) in [5, 5.41) is 11.3. The summed E-state index contributed by atoms with van der Waals surface area (Å²) in [6.07, 6.45) is 2.44. The Hall–Kier alpha value is -1.42. The lowest BCUT2D eigenvalue weighted by atomic mass is 10.1. The lowest BCUT2D eigenvalue weighted by Crippen LogP contribution is -2.25. The quantitative estimate of drug-likeness (QED) is 0.746. The molecular formula is C13H18FNO2. The van der Waals surface area contributed by atoms with E-state index in [-0.39, 0.29) is 12.5 Å². The molecule has 1 aromatic rings. The van der Waals surface area contributed by atoms with Crippen LogP contribution in [0.25, 0.3) is 0 Å². The molecule has 17 heavy (non-hydrogen) atoms. The molecule has 3 nitrogen and oxygen atoms in total. The number of rotatable bonds is 6. The van der Waals surface area contributed by atoms with Gasteiger partial charge in [0.25, 0.3) is 5.91 Å². The third-order valence-electron chi connectivity index (χ3n) is 2.56. The topological polar surface area (TPSA) is 49.3 Å². The second-order valence-corrected chi connectivity index (χ2v) is 4.00. The monoisotopic (exact) mass is 239 g/mol. The molecule has 0 aliphatic heterocycles. The van der Waals surface area contributed by atoms with Crippen molar-refractivity contribution in [2.24, 2.45) is 0 Å². The summed E-state index contributed by atoms with van der Waals surface area (Å²) in [5.74, 6) is -0.646. The first kappa shape index (κ1) is 13.6. The van der Waals surface area contributed by atoms with Crippen LogP contribution in [0.15, 0.2) is 18.2 Å². The molecule has 0 saturated heterocycles. The summed E-state index contributed by atoms with van der Waals surface area (Å²) in [4.78, 5) is 11.7. The molecule has 1 aromatic carbocycles. The van der Waals surface area contributed by atoms with Gasteiger partial charge in [-0.1, -0.05) is 6.07 Å². The number of hydrogen-bond donors (Lipinski definition) is 2. The number of halogens is 1. The van der Waals surface area contributed by atoms with Gasteiger partial charge in [-0.3, -0.25) is 4.79 Å². The molecule has 0 aliphatic carbocycles. The highest BCUT2D eigenvalue weighted by Crippen LogP contribution is 2.09. The summed E-state index contributed by atoms with van der Waals surface area (Å²) >= 11 is 0. The largest absolute Gasteiger partial charge is 0.396 e. The second kappa shape index (κ2) is 7.01. The SMILES string of the molecule is Cc1ccc(F)cc1C(=O)NCCCCCO. The van der Waals surface area contributed by atoms with Crippen LogP contribution in [0.5, 0.6) is 0 Å². The normalized spacial score (nSPS) is 10.3. The third kappa shape index (κ3) is 4.53. The molecule has 0 fully saturated rings. The summed E-state index contributed by atoms with van der Waals surface area (Å²) in [7, 11) is 0. The van der Waals surface area contributed by atoms with E-state index in [2.05, 4.69) is 5.32 Å². The van der Waals surface area contributed by atoms with Crippen LogP contribution in [0.1, 0.15) is 35.2 Å². The third-order valence-corrected chi connectivity index (χ3v) is 2.56. The molecule has 0 aromatic heterocycles. The highest BCUT2D eigenvalue weighted by atomic mass is 19.1. The van der Waals surface area contributed by atoms with Crippen LogP contribution < -0.4 is 5.32 Å². The Morgan fingerprint density at radius 1 is 1.35 bits per heavy atom. The molecule has 0 bridgehead atoms. The minimum Gasteiger partial charge on any atom is -0.396 e. The first-order valence-electron chi connectivity index (χ1n) is 5.80. The average Bonchev–Trinajstić information content (AvgIpc) is 2.32. The van der Waals surface area contributed by atoms with Crippen molar-refractivity contribution in [3.8, 4) is 0 Å². The van der Waals surface area contributed by atoms with Crippen molar-refractivity contribution in [1.29, 1.82) is 0 Å². The van der Waals surface area contributed by atoms with Gasteiger partial charge in [-0.05, 0) is 43.9 Å². The fourth-order valence-electron chi connectivity index (χ4n) is 1.55. The fraction of sp³-hybridized carbons (Fsp3) is 0.462. The van der Waals surface area contributed by atoms with Gasteiger partial charge < -0.3 is 10.4 Å². The van der Waals surface area contributed by atoms with E-state index in [1.165, 1.54) is 12.1 Å². The van der Waals surface area contributed by atoms with Gasteiger partial charge >= 0.3 is 0 Å². The van der Waals surface area contributed by atoms with Crippen molar-refractivity contribution in [3.05, 3.63) is 35.1 Å². The van der Waals surface area contributed by atoms with Gasteiger partial charge in [-0.15, -0.1) is 0 Å². The Morgan fingerprint density at radius 2 is 2.12 bits per heavy atom. The van der Waals surface area contributed by atoms with Crippen LogP contribution in [0.3, 0.4) is 0 Å². The zero-order valence-electron chi connectivity index (χ0n) is 10.0. The Bertz CT molecular complexity index is 380. The van der Waals surface area contributed by atoms with Gasteiger partial charge in [0.15, 0.2) is 0 Å². The Labute approximate surface area is 101 Å². The number of hydrogen-bond acceptors (Lipinski definition) is 2. The van der Waals surface area contributed by atoms with E-state index < -0.39 is 5.82 Å². The van der Waals surface area contributed by atoms with Gasteiger partial charge in [0.2, 0.25) is 0 Å². The van der Waals surface area contributed by atoms with Crippen LogP contribution in [0, 0.1) is 12.7 Å². The van der Waals surface area contributed by atoms with Crippen LogP contribution >= 0.6 is 0 Å². The number of aliphatic hydroxyl groups excluding tert-OH is 1. The average molecular weight is 239 g/mol. The van der Waals surface area contributed by atoms with Crippen molar-refractivity contribution in [1.82, 2.24) is 5.32 Å². The first-order chi connectivity index (χ1) is 8.15. The maximum absolute atomic E-state index is 13.0. The zero-order valence-corrected chi connectivity index (χ0v) is 10.0. The lowest BCUT2D eigenvalue weighted by Gasteiger charge is -2.07. The predicted molar refractivity (Wildman–Crippen MR) is 64.4 cm³/mol. The molecular weight excluding hydrogens is 221 g/mol. The number of unbranched alkanes of at least 4 members (excludes halogenated alkanes) is 2. The first-order valence-corrected chi connectivity index (χ1v) is 5.80. The van der Waals surface area contributed by atoms with E-state index in [1.54, 1.807) is 13.0 Å². The number of carbonyl (C=O) groups is 1. The fourth-order valence-corrected chi connectivity index (χ4v) is 1.55. The number of carbonyl (C=O) groups excluding carboxylic acids is 1. The van der Waals surface area contributed by atoms with Gasteiger partial charge in [-0.2, -0.15) is 0 Å². The standard InChI is InChI=1S/C13H18FNO2/c1-10-5-6-11(14)9-12(10)13(17)15-7-3-2-4-8-16/h5-6,9,16H,2-4,7-8H2,1H3,(H,15,17). The minimum atomic E-state index is -0.402. The molecule has 0 unspecified atom stereocenters. The van der Waals surface area contributed by atoms with Gasteiger partial charge in [0.05, 0.1) is 0 Å². The summed E-state index contributed by atoms with van der Waals surface area (Å²) in [6.45, 7) is 2.51. The predicted octanol–water partition coefficient (Wildman–Crippen LogP) is 2.03. The number of aliphatic hydroxyl groups is 1. The molecule has 0 spiro atoms. The summed E-state index contributed by atoms with van der Waals surface area (Å²) < 4.78 is 13.0. The Balaban J connectivity index is 2.44. The molecule has 1 amide bonds. The molecule has 0 heterocycles. The van der Waals surface area contributed by atoms with Gasteiger partial charge in [0, 0.05) is 18.7 Å². The van der Waals surface area contributed by atoms with Crippen LogP contribution in [-0.4, -0.2) is 24.2 Å².